The van der Waals surface area contributed by atoms with E-state index >= 15 is 0 Å². The molecule has 1 aromatic heterocycles. The molecule has 1 unspecified atom stereocenters. The van der Waals surface area contributed by atoms with Crippen molar-refractivity contribution < 1.29 is 0 Å². The van der Waals surface area contributed by atoms with Gasteiger partial charge in [0.1, 0.15) is 5.82 Å². The van der Waals surface area contributed by atoms with Gasteiger partial charge in [-0.1, -0.05) is 80.7 Å². The number of hydrogen-bond acceptors (Lipinski definition) is 3. The minimum Gasteiger partial charge on any atom is -0.332 e. The third kappa shape index (κ3) is 5.48. The number of anilines is 1. The molecule has 4 nitrogen and oxygen atoms in total. The average Bonchev–Trinajstić information content (AvgIpc) is 3.15. The van der Waals surface area contributed by atoms with Crippen molar-refractivity contribution in [3.63, 3.8) is 0 Å². The third-order valence-electron chi connectivity index (χ3n) is 4.96. The van der Waals surface area contributed by atoms with E-state index in [1.165, 1.54) is 5.56 Å². The molecule has 0 aliphatic heterocycles. The molecular weight excluding hydrogens is 439 g/mol. The van der Waals surface area contributed by atoms with Crippen LogP contribution in [0, 0.1) is 0 Å². The SMILES string of the molecule is CCCC(c1ccccc1)N(CCC)c1nc(CC)n(-c2ccc(Cl)cc2Cl)n1.Cl. The second-order valence-corrected chi connectivity index (χ2v) is 7.94. The summed E-state index contributed by atoms with van der Waals surface area (Å²) in [6.45, 7) is 7.38. The summed E-state index contributed by atoms with van der Waals surface area (Å²) in [4.78, 5) is 7.23. The van der Waals surface area contributed by atoms with Crippen LogP contribution in [-0.4, -0.2) is 21.3 Å². The van der Waals surface area contributed by atoms with Crippen LogP contribution >= 0.6 is 35.6 Å². The Balaban J connectivity index is 0.00000320. The molecule has 0 amide bonds. The smallest absolute Gasteiger partial charge is 0.245 e. The highest BCUT2D eigenvalue weighted by Gasteiger charge is 2.24. The van der Waals surface area contributed by atoms with E-state index in [1.54, 1.807) is 6.07 Å². The van der Waals surface area contributed by atoms with E-state index in [-0.39, 0.29) is 18.4 Å². The van der Waals surface area contributed by atoms with Gasteiger partial charge in [0.2, 0.25) is 5.95 Å². The molecule has 162 valence electrons. The number of hydrogen-bond donors (Lipinski definition) is 0. The Bertz CT molecular complexity index is 927. The number of benzene rings is 2. The third-order valence-corrected chi connectivity index (χ3v) is 5.50. The average molecular weight is 468 g/mol. The molecule has 0 fully saturated rings. The van der Waals surface area contributed by atoms with Gasteiger partial charge in [-0.2, -0.15) is 4.98 Å². The van der Waals surface area contributed by atoms with Gasteiger partial charge in [-0.15, -0.1) is 17.5 Å². The Morgan fingerprint density at radius 2 is 1.73 bits per heavy atom. The van der Waals surface area contributed by atoms with E-state index < -0.39 is 0 Å². The van der Waals surface area contributed by atoms with E-state index in [4.69, 9.17) is 33.3 Å². The van der Waals surface area contributed by atoms with E-state index in [0.29, 0.717) is 10.0 Å². The summed E-state index contributed by atoms with van der Waals surface area (Å²) in [5, 5.41) is 6.07. The summed E-state index contributed by atoms with van der Waals surface area (Å²) in [5.41, 5.74) is 2.09. The highest BCUT2D eigenvalue weighted by Crippen LogP contribution is 2.31. The molecule has 7 heteroatoms. The van der Waals surface area contributed by atoms with E-state index in [1.807, 2.05) is 16.8 Å². The van der Waals surface area contributed by atoms with E-state index in [0.717, 1.165) is 49.7 Å². The van der Waals surface area contributed by atoms with Gasteiger partial charge in [-0.3, -0.25) is 0 Å². The molecule has 0 saturated carbocycles. The van der Waals surface area contributed by atoms with Gasteiger partial charge < -0.3 is 4.90 Å². The number of rotatable bonds is 9. The zero-order valence-electron chi connectivity index (χ0n) is 17.7. The van der Waals surface area contributed by atoms with Crippen LogP contribution in [0.1, 0.15) is 57.5 Å². The van der Waals surface area contributed by atoms with Crippen LogP contribution in [-0.2, 0) is 6.42 Å². The van der Waals surface area contributed by atoms with Crippen LogP contribution in [0.3, 0.4) is 0 Å². The van der Waals surface area contributed by atoms with Gasteiger partial charge >= 0.3 is 0 Å². The fourth-order valence-electron chi connectivity index (χ4n) is 3.62. The largest absolute Gasteiger partial charge is 0.332 e. The lowest BCUT2D eigenvalue weighted by Crippen LogP contribution is -2.30. The number of nitrogens with zero attached hydrogens (tertiary/aromatic N) is 4. The normalized spacial score (nSPS) is 11.8. The van der Waals surface area contributed by atoms with Crippen molar-refractivity contribution >= 4 is 41.6 Å². The number of halogens is 3. The maximum atomic E-state index is 6.46. The molecule has 1 heterocycles. The molecule has 0 spiro atoms. The Morgan fingerprint density at radius 3 is 2.33 bits per heavy atom. The van der Waals surface area contributed by atoms with Crippen molar-refractivity contribution in [1.29, 1.82) is 0 Å². The Hall–Kier alpha value is -1.75. The first-order chi connectivity index (χ1) is 14.1. The van der Waals surface area contributed by atoms with Crippen molar-refractivity contribution in [1.82, 2.24) is 14.8 Å². The zero-order chi connectivity index (χ0) is 20.8. The lowest BCUT2D eigenvalue weighted by molar-refractivity contribution is 0.551. The fourth-order valence-corrected chi connectivity index (χ4v) is 4.10. The summed E-state index contributed by atoms with van der Waals surface area (Å²) in [5.74, 6) is 1.63. The first-order valence-electron chi connectivity index (χ1n) is 10.3. The first-order valence-corrected chi connectivity index (χ1v) is 11.1. The maximum absolute atomic E-state index is 6.46. The van der Waals surface area contributed by atoms with Gasteiger partial charge in [-0.25, -0.2) is 4.68 Å². The molecule has 0 saturated heterocycles. The summed E-state index contributed by atoms with van der Waals surface area (Å²) in [6, 6.07) is 16.3. The molecule has 0 aliphatic rings. The standard InChI is InChI=1S/C23H28Cl2N4.ClH/c1-4-10-20(17-11-8-7-9-12-17)28(15-5-2)23-26-22(6-3)29(27-23)21-14-13-18(24)16-19(21)25;/h7-9,11-14,16,20H,4-6,10,15H2,1-3H3;1H. The number of aromatic nitrogens is 3. The highest BCUT2D eigenvalue weighted by molar-refractivity contribution is 6.35. The predicted molar refractivity (Wildman–Crippen MR) is 130 cm³/mol. The van der Waals surface area contributed by atoms with Crippen LogP contribution in [0.5, 0.6) is 0 Å². The quantitative estimate of drug-likeness (QED) is 0.330. The number of aryl methyl sites for hydroxylation is 1. The summed E-state index contributed by atoms with van der Waals surface area (Å²) in [6.07, 6.45) is 3.91. The first kappa shape index (κ1) is 24.5. The predicted octanol–water partition coefficient (Wildman–Crippen LogP) is 7.32. The van der Waals surface area contributed by atoms with Gasteiger partial charge in [0.15, 0.2) is 0 Å². The molecule has 1 atom stereocenters. The fraction of sp³-hybridized carbons (Fsp3) is 0.391. The molecule has 3 aromatic rings. The van der Waals surface area contributed by atoms with Crippen molar-refractivity contribution in [3.05, 3.63) is 70.0 Å². The molecule has 0 radical (unpaired) electrons. The molecule has 0 aliphatic carbocycles. The Labute approximate surface area is 195 Å². The van der Waals surface area contributed by atoms with Gasteiger partial charge in [0.05, 0.1) is 16.8 Å². The molecule has 0 N–H and O–H groups in total. The zero-order valence-corrected chi connectivity index (χ0v) is 20.0. The highest BCUT2D eigenvalue weighted by atomic mass is 35.5. The molecule has 2 aromatic carbocycles. The Morgan fingerprint density at radius 1 is 1.00 bits per heavy atom. The van der Waals surface area contributed by atoms with E-state index in [2.05, 4.69) is 56.0 Å². The minimum absolute atomic E-state index is 0. The molecule has 3 rings (SSSR count). The summed E-state index contributed by atoms with van der Waals surface area (Å²) >= 11 is 12.5. The van der Waals surface area contributed by atoms with Crippen molar-refractivity contribution in [3.8, 4) is 5.69 Å². The summed E-state index contributed by atoms with van der Waals surface area (Å²) in [7, 11) is 0. The molecule has 0 bridgehead atoms. The van der Waals surface area contributed by atoms with Gasteiger partial charge in [-0.05, 0) is 36.6 Å². The van der Waals surface area contributed by atoms with Crippen LogP contribution in [0.4, 0.5) is 5.95 Å². The van der Waals surface area contributed by atoms with Crippen molar-refractivity contribution in [2.24, 2.45) is 0 Å². The van der Waals surface area contributed by atoms with E-state index in [9.17, 15) is 0 Å². The summed E-state index contributed by atoms with van der Waals surface area (Å²) < 4.78 is 1.85. The minimum atomic E-state index is 0. The van der Waals surface area contributed by atoms with Crippen LogP contribution < -0.4 is 4.90 Å². The van der Waals surface area contributed by atoms with Crippen molar-refractivity contribution in [2.45, 2.75) is 52.5 Å². The van der Waals surface area contributed by atoms with Gasteiger partial charge in [0.25, 0.3) is 0 Å². The second kappa shape index (κ2) is 11.6. The van der Waals surface area contributed by atoms with Crippen LogP contribution in [0.25, 0.3) is 5.69 Å². The second-order valence-electron chi connectivity index (χ2n) is 7.10. The molecular formula is C23H29Cl3N4. The van der Waals surface area contributed by atoms with Gasteiger partial charge in [0, 0.05) is 18.0 Å². The molecule has 30 heavy (non-hydrogen) atoms. The topological polar surface area (TPSA) is 34.0 Å². The van der Waals surface area contributed by atoms with Crippen LogP contribution in [0.2, 0.25) is 10.0 Å². The Kier molecular flexibility index (Phi) is 9.47. The maximum Gasteiger partial charge on any atom is 0.245 e. The van der Waals surface area contributed by atoms with Crippen molar-refractivity contribution in [2.75, 3.05) is 11.4 Å². The monoisotopic (exact) mass is 466 g/mol. The van der Waals surface area contributed by atoms with Crippen LogP contribution in [0.15, 0.2) is 48.5 Å². The lowest BCUT2D eigenvalue weighted by atomic mass is 10.0. The lowest BCUT2D eigenvalue weighted by Gasteiger charge is -2.31.